The van der Waals surface area contributed by atoms with Gasteiger partial charge in [0.05, 0.1) is 0 Å². The predicted octanol–water partition coefficient (Wildman–Crippen LogP) is 2.81. The number of hydrogen-bond acceptors (Lipinski definition) is 5. The Balaban J connectivity index is 1.62. The molecule has 2 heterocycles. The zero-order valence-electron chi connectivity index (χ0n) is 13.2. The lowest BCUT2D eigenvalue weighted by molar-refractivity contribution is 0.0744. The largest absolute Gasteiger partial charge is 0.335 e. The minimum Gasteiger partial charge on any atom is -0.335 e. The molecule has 0 bridgehead atoms. The Kier molecular flexibility index (Phi) is 4.52. The molecule has 1 amide bonds. The molecule has 0 aliphatic carbocycles. The van der Waals surface area contributed by atoms with E-state index in [1.54, 1.807) is 24.3 Å². The van der Waals surface area contributed by atoms with Crippen LogP contribution in [0, 0.1) is 0 Å². The first-order chi connectivity index (χ1) is 11.0. The highest BCUT2D eigenvalue weighted by Crippen LogP contribution is 2.19. The molecule has 1 aromatic carbocycles. The lowest BCUT2D eigenvalue weighted by Crippen LogP contribution is -2.49. The monoisotopic (exact) mass is 334 g/mol. The van der Waals surface area contributed by atoms with Crippen molar-refractivity contribution in [1.29, 1.82) is 0 Å². The maximum atomic E-state index is 12.5. The van der Waals surface area contributed by atoms with Crippen molar-refractivity contribution in [2.75, 3.05) is 31.1 Å². The van der Waals surface area contributed by atoms with Gasteiger partial charge in [0, 0.05) is 42.7 Å². The van der Waals surface area contributed by atoms with E-state index in [9.17, 15) is 4.79 Å². The Labute approximate surface area is 140 Å². The van der Waals surface area contributed by atoms with E-state index in [-0.39, 0.29) is 11.8 Å². The lowest BCUT2D eigenvalue weighted by Gasteiger charge is -2.33. The molecule has 0 radical (unpaired) electrons. The molecule has 0 atom stereocenters. The number of halogens is 1. The highest BCUT2D eigenvalue weighted by molar-refractivity contribution is 6.30. The fourth-order valence-electron chi connectivity index (χ4n) is 2.49. The number of rotatable bonds is 3. The molecule has 1 aliphatic heterocycles. The van der Waals surface area contributed by atoms with Crippen molar-refractivity contribution in [2.24, 2.45) is 0 Å². The van der Waals surface area contributed by atoms with E-state index in [0.29, 0.717) is 48.6 Å². The SMILES string of the molecule is CC(C)c1noc(N2CCN(C(=O)c3cccc(Cl)c3)CC2)n1. The van der Waals surface area contributed by atoms with Crippen LogP contribution in [0.25, 0.3) is 0 Å². The average molecular weight is 335 g/mol. The molecule has 7 heteroatoms. The standard InChI is InChI=1S/C16H19ClN4O2/c1-11(2)14-18-16(23-19-14)21-8-6-20(7-9-21)15(22)12-4-3-5-13(17)10-12/h3-5,10-11H,6-9H2,1-2H3. The van der Waals surface area contributed by atoms with Gasteiger partial charge >= 0.3 is 6.01 Å². The predicted molar refractivity (Wildman–Crippen MR) is 88.0 cm³/mol. The molecular formula is C16H19ClN4O2. The first-order valence-corrected chi connectivity index (χ1v) is 8.06. The highest BCUT2D eigenvalue weighted by atomic mass is 35.5. The summed E-state index contributed by atoms with van der Waals surface area (Å²) in [6.45, 7) is 6.63. The van der Waals surface area contributed by atoms with Crippen LogP contribution in [0.3, 0.4) is 0 Å². The van der Waals surface area contributed by atoms with Crippen molar-refractivity contribution in [1.82, 2.24) is 15.0 Å². The number of benzene rings is 1. The summed E-state index contributed by atoms with van der Waals surface area (Å²) in [5, 5.41) is 4.55. The van der Waals surface area contributed by atoms with Crippen molar-refractivity contribution >= 4 is 23.5 Å². The van der Waals surface area contributed by atoms with Crippen LogP contribution in [0.5, 0.6) is 0 Å². The topological polar surface area (TPSA) is 62.5 Å². The van der Waals surface area contributed by atoms with Crippen molar-refractivity contribution in [3.8, 4) is 0 Å². The molecule has 1 saturated heterocycles. The summed E-state index contributed by atoms with van der Waals surface area (Å²) in [5.41, 5.74) is 0.617. The molecule has 1 aromatic heterocycles. The number of hydrogen-bond donors (Lipinski definition) is 0. The highest BCUT2D eigenvalue weighted by Gasteiger charge is 2.25. The third kappa shape index (κ3) is 3.47. The Morgan fingerprint density at radius 2 is 2.00 bits per heavy atom. The quantitative estimate of drug-likeness (QED) is 0.863. The van der Waals surface area contributed by atoms with E-state index < -0.39 is 0 Å². The molecule has 3 rings (SSSR count). The van der Waals surface area contributed by atoms with E-state index in [2.05, 4.69) is 10.1 Å². The number of nitrogens with zero attached hydrogens (tertiary/aromatic N) is 4. The third-order valence-corrected chi connectivity index (χ3v) is 4.09. The molecule has 0 saturated carbocycles. The molecular weight excluding hydrogens is 316 g/mol. The number of aromatic nitrogens is 2. The summed E-state index contributed by atoms with van der Waals surface area (Å²) in [5.74, 6) is 0.941. The van der Waals surface area contributed by atoms with E-state index in [4.69, 9.17) is 16.1 Å². The van der Waals surface area contributed by atoms with Crippen LogP contribution in [-0.4, -0.2) is 47.1 Å². The third-order valence-electron chi connectivity index (χ3n) is 3.86. The van der Waals surface area contributed by atoms with Gasteiger partial charge in [0.1, 0.15) is 0 Å². The molecule has 23 heavy (non-hydrogen) atoms. The Morgan fingerprint density at radius 3 is 2.61 bits per heavy atom. The summed E-state index contributed by atoms with van der Waals surface area (Å²) in [7, 11) is 0. The second-order valence-electron chi connectivity index (χ2n) is 5.88. The van der Waals surface area contributed by atoms with Crippen LogP contribution in [0.1, 0.15) is 35.9 Å². The smallest absolute Gasteiger partial charge is 0.324 e. The van der Waals surface area contributed by atoms with Gasteiger partial charge in [-0.1, -0.05) is 36.7 Å². The average Bonchev–Trinajstić information content (AvgIpc) is 3.04. The number of amides is 1. The van der Waals surface area contributed by atoms with Gasteiger partial charge in [-0.05, 0) is 18.2 Å². The van der Waals surface area contributed by atoms with Crippen LogP contribution in [0.4, 0.5) is 6.01 Å². The Hall–Kier alpha value is -2.08. The first kappa shape index (κ1) is 15.8. The van der Waals surface area contributed by atoms with Crippen molar-refractivity contribution in [2.45, 2.75) is 19.8 Å². The molecule has 0 unspecified atom stereocenters. The van der Waals surface area contributed by atoms with Gasteiger partial charge in [-0.15, -0.1) is 0 Å². The zero-order valence-corrected chi connectivity index (χ0v) is 14.0. The molecule has 2 aromatic rings. The van der Waals surface area contributed by atoms with Crippen molar-refractivity contribution < 1.29 is 9.32 Å². The summed E-state index contributed by atoms with van der Waals surface area (Å²) >= 11 is 5.95. The fourth-order valence-corrected chi connectivity index (χ4v) is 2.68. The number of piperazine rings is 1. The minimum absolute atomic E-state index is 0.000508. The van der Waals surface area contributed by atoms with Crippen LogP contribution in [0.2, 0.25) is 5.02 Å². The van der Waals surface area contributed by atoms with Crippen molar-refractivity contribution in [3.63, 3.8) is 0 Å². The Bertz CT molecular complexity index is 693. The van der Waals surface area contributed by atoms with Crippen LogP contribution >= 0.6 is 11.6 Å². The van der Waals surface area contributed by atoms with Gasteiger partial charge in [-0.3, -0.25) is 4.79 Å². The Morgan fingerprint density at radius 1 is 1.26 bits per heavy atom. The minimum atomic E-state index is 0.000508. The van der Waals surface area contributed by atoms with Gasteiger partial charge in [0.15, 0.2) is 5.82 Å². The number of carbonyl (C=O) groups excluding carboxylic acids is 1. The summed E-state index contributed by atoms with van der Waals surface area (Å²) in [6, 6.07) is 7.57. The van der Waals surface area contributed by atoms with Crippen LogP contribution in [-0.2, 0) is 0 Å². The number of carbonyl (C=O) groups is 1. The molecule has 0 spiro atoms. The molecule has 122 valence electrons. The van der Waals surface area contributed by atoms with Gasteiger partial charge < -0.3 is 14.3 Å². The maximum absolute atomic E-state index is 12.5. The summed E-state index contributed by atoms with van der Waals surface area (Å²) in [6.07, 6.45) is 0. The van der Waals surface area contributed by atoms with Crippen molar-refractivity contribution in [3.05, 3.63) is 40.7 Å². The van der Waals surface area contributed by atoms with E-state index in [0.717, 1.165) is 0 Å². The molecule has 6 nitrogen and oxygen atoms in total. The molecule has 1 aliphatic rings. The van der Waals surface area contributed by atoms with E-state index >= 15 is 0 Å². The van der Waals surface area contributed by atoms with Crippen LogP contribution in [0.15, 0.2) is 28.8 Å². The fraction of sp³-hybridized carbons (Fsp3) is 0.438. The van der Waals surface area contributed by atoms with E-state index in [1.165, 1.54) is 0 Å². The maximum Gasteiger partial charge on any atom is 0.324 e. The normalized spacial score (nSPS) is 15.3. The van der Waals surface area contributed by atoms with Gasteiger partial charge in [0.25, 0.3) is 5.91 Å². The summed E-state index contributed by atoms with van der Waals surface area (Å²) < 4.78 is 5.31. The second-order valence-corrected chi connectivity index (χ2v) is 6.32. The zero-order chi connectivity index (χ0) is 16.4. The van der Waals surface area contributed by atoms with Gasteiger partial charge in [-0.25, -0.2) is 0 Å². The second kappa shape index (κ2) is 6.58. The number of anilines is 1. The first-order valence-electron chi connectivity index (χ1n) is 7.68. The lowest BCUT2D eigenvalue weighted by atomic mass is 10.2. The van der Waals surface area contributed by atoms with Gasteiger partial charge in [-0.2, -0.15) is 4.98 Å². The van der Waals surface area contributed by atoms with Gasteiger partial charge in [0.2, 0.25) is 0 Å². The molecule has 1 fully saturated rings. The van der Waals surface area contributed by atoms with Crippen LogP contribution < -0.4 is 4.90 Å². The molecule has 0 N–H and O–H groups in total. The van der Waals surface area contributed by atoms with E-state index in [1.807, 2.05) is 23.6 Å². The summed E-state index contributed by atoms with van der Waals surface area (Å²) in [4.78, 5) is 20.7.